The highest BCUT2D eigenvalue weighted by atomic mass is 35.5. The summed E-state index contributed by atoms with van der Waals surface area (Å²) in [6.07, 6.45) is 2.92. The minimum absolute atomic E-state index is 0.0726. The fraction of sp³-hybridized carbons (Fsp3) is 0.500. The number of hydrogen-bond acceptors (Lipinski definition) is 2. The molecule has 0 spiro atoms. The Hall–Kier alpha value is -0.640. The quantitative estimate of drug-likeness (QED) is 0.857. The Morgan fingerprint density at radius 1 is 1.50 bits per heavy atom. The average molecular weight is 244 g/mol. The number of aliphatic hydroxyl groups is 1. The van der Waals surface area contributed by atoms with Crippen molar-refractivity contribution in [3.63, 3.8) is 0 Å². The van der Waals surface area contributed by atoms with E-state index in [1.807, 2.05) is 0 Å². The summed E-state index contributed by atoms with van der Waals surface area (Å²) in [7, 11) is 0. The minimum atomic E-state index is -0.440. The fourth-order valence-corrected chi connectivity index (χ4v) is 2.45. The van der Waals surface area contributed by atoms with E-state index in [1.165, 1.54) is 6.07 Å². The van der Waals surface area contributed by atoms with Gasteiger partial charge in [-0.05, 0) is 30.5 Å². The first kappa shape index (κ1) is 11.8. The van der Waals surface area contributed by atoms with Gasteiger partial charge in [0.25, 0.3) is 0 Å². The highest BCUT2D eigenvalue weighted by Gasteiger charge is 2.42. The second-order valence-electron chi connectivity index (χ2n) is 4.53. The molecule has 1 atom stereocenters. The van der Waals surface area contributed by atoms with Crippen molar-refractivity contribution >= 4 is 11.6 Å². The lowest BCUT2D eigenvalue weighted by molar-refractivity contribution is 0.0184. The Balaban J connectivity index is 2.26. The van der Waals surface area contributed by atoms with Gasteiger partial charge in [0.15, 0.2) is 0 Å². The van der Waals surface area contributed by atoms with Crippen LogP contribution >= 0.6 is 11.6 Å². The maximum atomic E-state index is 13.0. The summed E-state index contributed by atoms with van der Waals surface area (Å²) in [6, 6.07) is 4.24. The lowest BCUT2D eigenvalue weighted by atomic mass is 9.63. The van der Waals surface area contributed by atoms with Gasteiger partial charge in [0.1, 0.15) is 5.82 Å². The summed E-state index contributed by atoms with van der Waals surface area (Å²) < 4.78 is 13.0. The molecule has 16 heavy (non-hydrogen) atoms. The van der Waals surface area contributed by atoms with E-state index in [0.29, 0.717) is 0 Å². The second-order valence-corrected chi connectivity index (χ2v) is 4.93. The zero-order valence-electron chi connectivity index (χ0n) is 8.92. The van der Waals surface area contributed by atoms with E-state index in [-0.39, 0.29) is 23.1 Å². The molecule has 0 saturated heterocycles. The third-order valence-electron chi connectivity index (χ3n) is 3.63. The normalized spacial score (nSPS) is 20.2. The average Bonchev–Trinajstić information content (AvgIpc) is 2.21. The van der Waals surface area contributed by atoms with Crippen LogP contribution in [-0.4, -0.2) is 11.7 Å². The van der Waals surface area contributed by atoms with E-state index in [9.17, 15) is 9.50 Å². The monoisotopic (exact) mass is 243 g/mol. The number of nitrogens with two attached hydrogens (primary N) is 1. The van der Waals surface area contributed by atoms with Gasteiger partial charge in [0.05, 0.1) is 11.6 Å². The summed E-state index contributed by atoms with van der Waals surface area (Å²) in [5.41, 5.74) is 6.68. The maximum Gasteiger partial charge on any atom is 0.141 e. The molecule has 88 valence electrons. The summed E-state index contributed by atoms with van der Waals surface area (Å²) >= 11 is 5.72. The van der Waals surface area contributed by atoms with Gasteiger partial charge in [0, 0.05) is 11.5 Å². The van der Waals surface area contributed by atoms with Crippen molar-refractivity contribution in [2.75, 3.05) is 6.61 Å². The van der Waals surface area contributed by atoms with Gasteiger partial charge in [-0.15, -0.1) is 0 Å². The number of hydrogen-bond donors (Lipinski definition) is 2. The Morgan fingerprint density at radius 3 is 2.62 bits per heavy atom. The van der Waals surface area contributed by atoms with Crippen LogP contribution in [-0.2, 0) is 0 Å². The molecule has 0 aromatic heterocycles. The van der Waals surface area contributed by atoms with E-state index < -0.39 is 5.82 Å². The third kappa shape index (κ3) is 1.83. The lowest BCUT2D eigenvalue weighted by Gasteiger charge is -2.45. The van der Waals surface area contributed by atoms with Gasteiger partial charge in [-0.3, -0.25) is 0 Å². The second kappa shape index (κ2) is 4.32. The molecule has 3 N–H and O–H groups in total. The summed E-state index contributed by atoms with van der Waals surface area (Å²) in [5, 5.41) is 9.49. The molecule has 2 nitrogen and oxygen atoms in total. The van der Waals surface area contributed by atoms with Crippen LogP contribution in [0, 0.1) is 11.2 Å². The molecule has 1 fully saturated rings. The molecule has 4 heteroatoms. The smallest absolute Gasteiger partial charge is 0.141 e. The molecule has 0 aliphatic heterocycles. The predicted molar refractivity (Wildman–Crippen MR) is 61.7 cm³/mol. The van der Waals surface area contributed by atoms with Crippen LogP contribution in [0.5, 0.6) is 0 Å². The van der Waals surface area contributed by atoms with Crippen LogP contribution in [0.2, 0.25) is 5.02 Å². The summed E-state index contributed by atoms with van der Waals surface area (Å²) in [4.78, 5) is 0. The molecule has 0 amide bonds. The van der Waals surface area contributed by atoms with Crippen LogP contribution in [0.15, 0.2) is 18.2 Å². The molecule has 1 saturated carbocycles. The van der Waals surface area contributed by atoms with Gasteiger partial charge in [-0.1, -0.05) is 24.1 Å². The van der Waals surface area contributed by atoms with Crippen molar-refractivity contribution in [1.29, 1.82) is 0 Å². The Morgan fingerprint density at radius 2 is 2.19 bits per heavy atom. The molecule has 0 bridgehead atoms. The zero-order chi connectivity index (χ0) is 11.8. The Bertz CT molecular complexity index is 387. The van der Waals surface area contributed by atoms with Gasteiger partial charge in [-0.2, -0.15) is 0 Å². The first-order valence-electron chi connectivity index (χ1n) is 5.40. The van der Waals surface area contributed by atoms with E-state index in [1.54, 1.807) is 12.1 Å². The van der Waals surface area contributed by atoms with Gasteiger partial charge >= 0.3 is 0 Å². The van der Waals surface area contributed by atoms with Crippen LogP contribution in [0.4, 0.5) is 4.39 Å². The molecule has 0 heterocycles. The van der Waals surface area contributed by atoms with Gasteiger partial charge < -0.3 is 10.8 Å². The Labute approximate surface area is 99.2 Å². The molecular formula is C12H15ClFNO. The van der Waals surface area contributed by atoms with Gasteiger partial charge in [-0.25, -0.2) is 4.39 Å². The van der Waals surface area contributed by atoms with Crippen molar-refractivity contribution in [1.82, 2.24) is 0 Å². The molecule has 1 aromatic carbocycles. The first-order chi connectivity index (χ1) is 7.59. The zero-order valence-corrected chi connectivity index (χ0v) is 9.67. The van der Waals surface area contributed by atoms with Crippen LogP contribution in [0.1, 0.15) is 30.9 Å². The highest BCUT2D eigenvalue weighted by molar-refractivity contribution is 6.30. The van der Waals surface area contributed by atoms with Crippen molar-refractivity contribution in [3.8, 4) is 0 Å². The van der Waals surface area contributed by atoms with Crippen LogP contribution in [0.3, 0.4) is 0 Å². The third-order valence-corrected chi connectivity index (χ3v) is 3.92. The number of benzene rings is 1. The van der Waals surface area contributed by atoms with Crippen LogP contribution in [0.25, 0.3) is 0 Å². The standard InChI is InChI=1S/C12H15ClFNO/c13-9-6-8(2-3-10(9)14)11(15)12(7-16)4-1-5-12/h2-3,6,11,16H,1,4-5,7,15H2. The van der Waals surface area contributed by atoms with E-state index in [4.69, 9.17) is 17.3 Å². The maximum absolute atomic E-state index is 13.0. The minimum Gasteiger partial charge on any atom is -0.396 e. The van der Waals surface area contributed by atoms with E-state index >= 15 is 0 Å². The van der Waals surface area contributed by atoms with E-state index in [2.05, 4.69) is 0 Å². The van der Waals surface area contributed by atoms with Crippen molar-refractivity contribution in [2.45, 2.75) is 25.3 Å². The molecule has 1 unspecified atom stereocenters. The molecule has 1 aromatic rings. The van der Waals surface area contributed by atoms with E-state index in [0.717, 1.165) is 24.8 Å². The summed E-state index contributed by atoms with van der Waals surface area (Å²) in [5.74, 6) is -0.440. The topological polar surface area (TPSA) is 46.2 Å². The number of halogens is 2. The van der Waals surface area contributed by atoms with Crippen molar-refractivity contribution in [2.24, 2.45) is 11.1 Å². The lowest BCUT2D eigenvalue weighted by Crippen LogP contribution is -2.43. The molecule has 0 radical (unpaired) electrons. The van der Waals surface area contributed by atoms with Crippen molar-refractivity contribution < 1.29 is 9.50 Å². The fourth-order valence-electron chi connectivity index (χ4n) is 2.26. The highest BCUT2D eigenvalue weighted by Crippen LogP contribution is 2.48. The van der Waals surface area contributed by atoms with Crippen LogP contribution < -0.4 is 5.73 Å². The molecule has 2 rings (SSSR count). The molecule has 1 aliphatic carbocycles. The first-order valence-corrected chi connectivity index (χ1v) is 5.78. The predicted octanol–water partition coefficient (Wildman–Crippen LogP) is 2.64. The Kier molecular flexibility index (Phi) is 3.19. The number of rotatable bonds is 3. The largest absolute Gasteiger partial charge is 0.396 e. The van der Waals surface area contributed by atoms with Crippen molar-refractivity contribution in [3.05, 3.63) is 34.6 Å². The van der Waals surface area contributed by atoms with Gasteiger partial charge in [0.2, 0.25) is 0 Å². The molecule has 1 aliphatic rings. The summed E-state index contributed by atoms with van der Waals surface area (Å²) in [6.45, 7) is 0.0726. The molecular weight excluding hydrogens is 229 g/mol. The SMILES string of the molecule is NC(c1ccc(F)c(Cl)c1)C1(CO)CCC1. The number of aliphatic hydroxyl groups excluding tert-OH is 1.